The molecule has 3 amide bonds. The number of amides is 3. The molecule has 2 rings (SSSR count). The number of rotatable bonds is 6. The molecular weight excluding hydrogens is 324 g/mol. The van der Waals surface area contributed by atoms with Crippen LogP contribution in [0.3, 0.4) is 0 Å². The molecular formula is C17H22N4O2S. The van der Waals surface area contributed by atoms with Crippen LogP contribution in [0.2, 0.25) is 0 Å². The van der Waals surface area contributed by atoms with Crippen molar-refractivity contribution in [2.24, 2.45) is 0 Å². The number of aromatic nitrogens is 1. The molecule has 2 aromatic rings. The van der Waals surface area contributed by atoms with E-state index in [2.05, 4.69) is 20.9 Å². The van der Waals surface area contributed by atoms with E-state index in [0.717, 1.165) is 22.0 Å². The van der Waals surface area contributed by atoms with Crippen molar-refractivity contribution < 1.29 is 9.59 Å². The summed E-state index contributed by atoms with van der Waals surface area (Å²) in [5.41, 5.74) is 2.64. The maximum atomic E-state index is 11.9. The summed E-state index contributed by atoms with van der Waals surface area (Å²) in [6, 6.07) is 7.16. The molecule has 24 heavy (non-hydrogen) atoms. The van der Waals surface area contributed by atoms with Crippen LogP contribution in [0.5, 0.6) is 0 Å². The van der Waals surface area contributed by atoms with Gasteiger partial charge in [-0.25, -0.2) is 9.78 Å². The van der Waals surface area contributed by atoms with Gasteiger partial charge in [-0.3, -0.25) is 4.79 Å². The van der Waals surface area contributed by atoms with E-state index in [1.807, 2.05) is 43.5 Å². The second-order valence-electron chi connectivity index (χ2n) is 5.67. The monoisotopic (exact) mass is 346 g/mol. The number of nitrogens with one attached hydrogen (secondary N) is 3. The number of thiazole rings is 1. The molecule has 7 heteroatoms. The first kappa shape index (κ1) is 17.9. The van der Waals surface area contributed by atoms with E-state index in [0.29, 0.717) is 13.1 Å². The fourth-order valence-electron chi connectivity index (χ4n) is 2.14. The minimum absolute atomic E-state index is 0.121. The summed E-state index contributed by atoms with van der Waals surface area (Å²) in [4.78, 5) is 27.4. The van der Waals surface area contributed by atoms with E-state index in [9.17, 15) is 9.59 Å². The molecule has 0 aliphatic carbocycles. The molecule has 1 aromatic heterocycles. The maximum Gasteiger partial charge on any atom is 0.315 e. The van der Waals surface area contributed by atoms with Crippen LogP contribution in [0.25, 0.3) is 0 Å². The predicted molar refractivity (Wildman–Crippen MR) is 96.3 cm³/mol. The third-order valence-electron chi connectivity index (χ3n) is 3.33. The van der Waals surface area contributed by atoms with E-state index < -0.39 is 0 Å². The Balaban J connectivity index is 1.77. The van der Waals surface area contributed by atoms with Gasteiger partial charge in [-0.05, 0) is 24.6 Å². The highest BCUT2D eigenvalue weighted by Crippen LogP contribution is 2.18. The first-order valence-electron chi connectivity index (χ1n) is 7.74. The number of aryl methyl sites for hydroxylation is 1. The van der Waals surface area contributed by atoms with Gasteiger partial charge in [0, 0.05) is 42.7 Å². The molecule has 6 nitrogen and oxygen atoms in total. The van der Waals surface area contributed by atoms with E-state index in [4.69, 9.17) is 0 Å². The maximum absolute atomic E-state index is 11.9. The Morgan fingerprint density at radius 3 is 2.75 bits per heavy atom. The van der Waals surface area contributed by atoms with Crippen molar-refractivity contribution in [2.75, 3.05) is 11.9 Å². The van der Waals surface area contributed by atoms with E-state index in [-0.39, 0.29) is 17.9 Å². The first-order chi connectivity index (χ1) is 11.4. The number of nitrogens with zero attached hydrogens (tertiary/aromatic N) is 1. The molecule has 0 bridgehead atoms. The van der Waals surface area contributed by atoms with Crippen molar-refractivity contribution in [3.05, 3.63) is 45.9 Å². The molecule has 0 saturated carbocycles. The quantitative estimate of drug-likeness (QED) is 0.752. The topological polar surface area (TPSA) is 83.1 Å². The van der Waals surface area contributed by atoms with Crippen LogP contribution in [-0.4, -0.2) is 23.5 Å². The number of benzene rings is 1. The fourth-order valence-corrected chi connectivity index (χ4v) is 3.00. The van der Waals surface area contributed by atoms with Crippen LogP contribution in [0.1, 0.15) is 36.0 Å². The molecule has 0 saturated heterocycles. The molecule has 0 unspecified atom stereocenters. The molecule has 0 fully saturated rings. The summed E-state index contributed by atoms with van der Waals surface area (Å²) in [5, 5.41) is 11.4. The van der Waals surface area contributed by atoms with Crippen molar-refractivity contribution in [3.63, 3.8) is 0 Å². The summed E-state index contributed by atoms with van der Waals surface area (Å²) < 4.78 is 0. The molecule has 0 radical (unpaired) electrons. The SMILES string of the molecule is CC(=O)Nc1cccc(CNC(=O)NC[C@H](C)c2nc(C)cs2)c1. The number of carbonyl (C=O) groups is 2. The van der Waals surface area contributed by atoms with E-state index in [1.165, 1.54) is 6.92 Å². The van der Waals surface area contributed by atoms with Gasteiger partial charge in [0.15, 0.2) is 0 Å². The normalized spacial score (nSPS) is 11.6. The molecule has 128 valence electrons. The highest BCUT2D eigenvalue weighted by molar-refractivity contribution is 7.09. The Kier molecular flexibility index (Phi) is 6.31. The van der Waals surface area contributed by atoms with Crippen molar-refractivity contribution in [1.82, 2.24) is 15.6 Å². The average molecular weight is 346 g/mol. The van der Waals surface area contributed by atoms with Crippen LogP contribution in [0.4, 0.5) is 10.5 Å². The molecule has 0 aliphatic rings. The zero-order chi connectivity index (χ0) is 17.5. The van der Waals surface area contributed by atoms with E-state index in [1.54, 1.807) is 11.3 Å². The Bertz CT molecular complexity index is 714. The van der Waals surface area contributed by atoms with Crippen LogP contribution in [0, 0.1) is 6.92 Å². The van der Waals surface area contributed by atoms with Crippen LogP contribution < -0.4 is 16.0 Å². The molecule has 0 aliphatic heterocycles. The van der Waals surface area contributed by atoms with Gasteiger partial charge in [-0.15, -0.1) is 11.3 Å². The summed E-state index contributed by atoms with van der Waals surface area (Å²) >= 11 is 1.61. The smallest absolute Gasteiger partial charge is 0.315 e. The predicted octanol–water partition coefficient (Wildman–Crippen LogP) is 3.01. The van der Waals surface area contributed by atoms with Gasteiger partial charge in [-0.2, -0.15) is 0 Å². The lowest BCUT2D eigenvalue weighted by atomic mass is 10.2. The van der Waals surface area contributed by atoms with Crippen LogP contribution in [0.15, 0.2) is 29.6 Å². The average Bonchev–Trinajstić information content (AvgIpc) is 2.97. The van der Waals surface area contributed by atoms with Gasteiger partial charge >= 0.3 is 6.03 Å². The largest absolute Gasteiger partial charge is 0.337 e. The highest BCUT2D eigenvalue weighted by atomic mass is 32.1. The zero-order valence-corrected chi connectivity index (χ0v) is 14.9. The Morgan fingerprint density at radius 1 is 1.29 bits per heavy atom. The second-order valence-corrected chi connectivity index (χ2v) is 6.56. The van der Waals surface area contributed by atoms with Crippen LogP contribution in [-0.2, 0) is 11.3 Å². The molecule has 1 atom stereocenters. The molecule has 1 heterocycles. The Hall–Kier alpha value is -2.41. The third kappa shape index (κ3) is 5.66. The Labute approximate surface area is 145 Å². The lowest BCUT2D eigenvalue weighted by Crippen LogP contribution is -2.37. The Morgan fingerprint density at radius 2 is 2.08 bits per heavy atom. The van der Waals surface area contributed by atoms with Crippen molar-refractivity contribution in [3.8, 4) is 0 Å². The second kappa shape index (κ2) is 8.44. The fraction of sp³-hybridized carbons (Fsp3) is 0.353. The van der Waals surface area contributed by atoms with Gasteiger partial charge in [0.05, 0.1) is 5.01 Å². The van der Waals surface area contributed by atoms with Gasteiger partial charge in [0.2, 0.25) is 5.91 Å². The molecule has 0 spiro atoms. The first-order valence-corrected chi connectivity index (χ1v) is 8.62. The summed E-state index contributed by atoms with van der Waals surface area (Å²) in [6.45, 7) is 6.38. The van der Waals surface area contributed by atoms with E-state index >= 15 is 0 Å². The number of hydrogen-bond donors (Lipinski definition) is 3. The zero-order valence-electron chi connectivity index (χ0n) is 14.1. The third-order valence-corrected chi connectivity index (χ3v) is 4.52. The number of hydrogen-bond acceptors (Lipinski definition) is 4. The standard InChI is InChI=1S/C17H22N4O2S/c1-11(16-20-12(2)10-24-16)8-18-17(23)19-9-14-5-4-6-15(7-14)21-13(3)22/h4-7,10-11H,8-9H2,1-3H3,(H,21,22)(H2,18,19,23)/t11-/m0/s1. The van der Waals surface area contributed by atoms with Gasteiger partial charge in [0.1, 0.15) is 0 Å². The van der Waals surface area contributed by atoms with Crippen molar-refractivity contribution >= 4 is 29.0 Å². The lowest BCUT2D eigenvalue weighted by Gasteiger charge is -2.12. The van der Waals surface area contributed by atoms with Crippen molar-refractivity contribution in [2.45, 2.75) is 33.2 Å². The number of anilines is 1. The van der Waals surface area contributed by atoms with Crippen molar-refractivity contribution in [1.29, 1.82) is 0 Å². The number of urea groups is 1. The number of carbonyl (C=O) groups excluding carboxylic acids is 2. The van der Waals surface area contributed by atoms with Gasteiger partial charge < -0.3 is 16.0 Å². The van der Waals surface area contributed by atoms with Gasteiger partial charge in [0.25, 0.3) is 0 Å². The minimum Gasteiger partial charge on any atom is -0.337 e. The van der Waals surface area contributed by atoms with Gasteiger partial charge in [-0.1, -0.05) is 19.1 Å². The molecule has 3 N–H and O–H groups in total. The minimum atomic E-state index is -0.222. The summed E-state index contributed by atoms with van der Waals surface area (Å²) in [5.74, 6) is 0.0572. The molecule has 1 aromatic carbocycles. The van der Waals surface area contributed by atoms with Crippen LogP contribution >= 0.6 is 11.3 Å². The highest BCUT2D eigenvalue weighted by Gasteiger charge is 2.11. The lowest BCUT2D eigenvalue weighted by molar-refractivity contribution is -0.114. The summed E-state index contributed by atoms with van der Waals surface area (Å²) in [6.07, 6.45) is 0. The summed E-state index contributed by atoms with van der Waals surface area (Å²) in [7, 11) is 0.